The van der Waals surface area contributed by atoms with Gasteiger partial charge in [-0.15, -0.1) is 0 Å². The molecule has 0 unspecified atom stereocenters. The van der Waals surface area contributed by atoms with Crippen LogP contribution in [0.5, 0.6) is 0 Å². The Labute approximate surface area is 362 Å². The molecule has 0 aromatic carbocycles. The van der Waals surface area contributed by atoms with E-state index in [1.165, 1.54) is 0 Å². The molecule has 0 radical (unpaired) electrons. The summed E-state index contributed by atoms with van der Waals surface area (Å²) in [7, 11) is -5.09. The predicted octanol–water partition coefficient (Wildman–Crippen LogP) is -10.3. The molecule has 0 aromatic rings. The number of amides is 3. The molecule has 31 heteroatoms. The molecule has 4 aliphatic rings. The minimum atomic E-state index is -5.09. The van der Waals surface area contributed by atoms with Crippen LogP contribution < -0.4 is 16.0 Å². The lowest BCUT2D eigenvalue weighted by Gasteiger charge is -2.51. The number of aliphatic carboxylic acids is 1. The Morgan fingerprint density at radius 2 is 1.27 bits per heavy atom. The first-order valence-corrected chi connectivity index (χ1v) is 20.7. The molecule has 4 fully saturated rings. The monoisotopic (exact) mass is 957 g/mol. The highest BCUT2D eigenvalue weighted by Gasteiger charge is 2.60. The number of carbonyl (C=O) groups is 4. The fourth-order valence-electron chi connectivity index (χ4n) is 7.49. The second-order valence-corrected chi connectivity index (χ2v) is 16.4. The van der Waals surface area contributed by atoms with Gasteiger partial charge in [-0.05, 0) is 0 Å². The second-order valence-electron chi connectivity index (χ2n) is 15.3. The number of nitrogens with one attached hydrogen (secondary N) is 3. The number of carbonyl (C=O) groups excluding carboxylic acids is 3. The van der Waals surface area contributed by atoms with Crippen molar-refractivity contribution in [2.75, 3.05) is 26.4 Å². The van der Waals surface area contributed by atoms with Crippen molar-refractivity contribution in [3.05, 3.63) is 0 Å². The van der Waals surface area contributed by atoms with Crippen molar-refractivity contribution in [2.24, 2.45) is 0 Å². The van der Waals surface area contributed by atoms with Crippen LogP contribution in [0.1, 0.15) is 27.2 Å². The van der Waals surface area contributed by atoms with E-state index in [1.54, 1.807) is 0 Å². The van der Waals surface area contributed by atoms with Crippen LogP contribution in [0.15, 0.2) is 0 Å². The van der Waals surface area contributed by atoms with E-state index in [0.717, 1.165) is 20.8 Å². The first-order chi connectivity index (χ1) is 29.7. The summed E-state index contributed by atoms with van der Waals surface area (Å²) in [6.07, 6.45) is -35.7. The minimum absolute atomic E-state index is 0.788. The number of hydrogen-bond acceptors (Lipinski definition) is 25. The van der Waals surface area contributed by atoms with Gasteiger partial charge in [0.25, 0.3) is 5.79 Å². The predicted molar refractivity (Wildman–Crippen MR) is 196 cm³/mol. The highest BCUT2D eigenvalue weighted by molar-refractivity contribution is 7.80. The molecule has 4 heterocycles. The molecule has 4 aliphatic heterocycles. The summed E-state index contributed by atoms with van der Waals surface area (Å²) in [4.78, 5) is 49.0. The Morgan fingerprint density at radius 3 is 1.81 bits per heavy atom. The molecule has 0 aromatic heterocycles. The van der Waals surface area contributed by atoms with Crippen molar-refractivity contribution in [3.63, 3.8) is 0 Å². The molecule has 64 heavy (non-hydrogen) atoms. The van der Waals surface area contributed by atoms with E-state index in [4.69, 9.17) is 37.7 Å². The smallest absolute Gasteiger partial charge is 0.397 e. The van der Waals surface area contributed by atoms with Crippen LogP contribution in [-0.2, 0) is 66.9 Å². The summed E-state index contributed by atoms with van der Waals surface area (Å²) < 4.78 is 74.7. The third-order valence-electron chi connectivity index (χ3n) is 10.6. The fraction of sp³-hybridized carbons (Fsp3) is 0.879. The van der Waals surface area contributed by atoms with Crippen molar-refractivity contribution in [1.29, 1.82) is 0 Å². The van der Waals surface area contributed by atoms with Gasteiger partial charge in [0.1, 0.15) is 91.4 Å². The number of aliphatic hydroxyl groups is 11. The fourth-order valence-corrected chi connectivity index (χ4v) is 7.80. The number of ether oxygens (including phenoxy) is 7. The van der Waals surface area contributed by atoms with Crippen molar-refractivity contribution >= 4 is 34.1 Å². The second kappa shape index (κ2) is 22.2. The lowest BCUT2D eigenvalue weighted by atomic mass is 9.88. The van der Waals surface area contributed by atoms with Gasteiger partial charge < -0.3 is 110 Å². The van der Waals surface area contributed by atoms with Crippen LogP contribution in [0.25, 0.3) is 0 Å². The maximum Gasteiger partial charge on any atom is 0.397 e. The van der Waals surface area contributed by atoms with Gasteiger partial charge in [-0.2, -0.15) is 8.42 Å². The largest absolute Gasteiger partial charge is 0.477 e. The standard InChI is InChI=1S/C33H55N3O27S/c1-9(39)34-17-12(42)4-33(32(51)52,62-27(17)20(44)13(43)5-37)63-28-22(46)14(6-38)59-31(25(28)49)61-26-19(36-11(3)41)29(50)58-15(23(26)47)7-56-30-18(35-10(2)40)24(48)21(45)16(60-30)8-57-64(53,54)55/h12-31,37-38,42-50H,4-8H2,1-3H3,(H,34,39)(H,35,40)(H,36,41)(H,51,52)(H,53,54,55)/t12-,13+,14+,15+,16+,17+,18+,19+,20+,21+,22-,23-,24+,25+,26+,27+,28-,29+,30+,31-,33-/m0/s1. The average molecular weight is 958 g/mol. The van der Waals surface area contributed by atoms with Gasteiger partial charge >= 0.3 is 16.4 Å². The van der Waals surface area contributed by atoms with E-state index in [1.807, 2.05) is 0 Å². The average Bonchev–Trinajstić information content (AvgIpc) is 3.20. The molecule has 30 nitrogen and oxygen atoms in total. The normalized spacial score (nSPS) is 41.6. The van der Waals surface area contributed by atoms with Crippen LogP contribution in [0.2, 0.25) is 0 Å². The molecule has 4 saturated heterocycles. The van der Waals surface area contributed by atoms with Crippen LogP contribution in [0.3, 0.4) is 0 Å². The van der Waals surface area contributed by atoms with Gasteiger partial charge in [0, 0.05) is 27.2 Å². The van der Waals surface area contributed by atoms with Gasteiger partial charge in [-0.1, -0.05) is 0 Å². The molecule has 0 saturated carbocycles. The van der Waals surface area contributed by atoms with Gasteiger partial charge in [-0.25, -0.2) is 8.98 Å². The van der Waals surface area contributed by atoms with Crippen LogP contribution in [0.4, 0.5) is 0 Å². The third kappa shape index (κ3) is 12.7. The van der Waals surface area contributed by atoms with Gasteiger partial charge in [-0.3, -0.25) is 18.9 Å². The molecular weight excluding hydrogens is 902 g/mol. The summed E-state index contributed by atoms with van der Waals surface area (Å²) in [5.74, 6) is -7.69. The number of carboxylic acids is 1. The van der Waals surface area contributed by atoms with E-state index in [2.05, 4.69) is 20.1 Å². The molecule has 0 aliphatic carbocycles. The zero-order chi connectivity index (χ0) is 48.2. The van der Waals surface area contributed by atoms with E-state index in [9.17, 15) is 88.9 Å². The summed E-state index contributed by atoms with van der Waals surface area (Å²) in [5.41, 5.74) is 0. The zero-order valence-electron chi connectivity index (χ0n) is 34.0. The maximum atomic E-state index is 12.9. The van der Waals surface area contributed by atoms with Crippen molar-refractivity contribution in [3.8, 4) is 0 Å². The number of aliphatic hydroxyl groups excluding tert-OH is 11. The first kappa shape index (κ1) is 53.6. The number of carboxylic acid groups (broad SMARTS) is 1. The topological polar surface area (TPSA) is 475 Å². The molecule has 0 bridgehead atoms. The molecule has 21 atom stereocenters. The van der Waals surface area contributed by atoms with Gasteiger partial charge in [0.05, 0.1) is 38.6 Å². The van der Waals surface area contributed by atoms with Crippen LogP contribution >= 0.6 is 0 Å². The van der Waals surface area contributed by atoms with Crippen LogP contribution in [-0.4, -0.2) is 253 Å². The Kier molecular flexibility index (Phi) is 18.6. The maximum absolute atomic E-state index is 12.9. The Hall–Kier alpha value is -2.97. The lowest BCUT2D eigenvalue weighted by molar-refractivity contribution is -0.381. The molecule has 16 N–H and O–H groups in total. The molecule has 4 rings (SSSR count). The SMILES string of the molecule is CC(=O)N[C@@H]1[C@@H](O[C@@H]2O[C@H](CO)[C@H](O)[C@H](O[C@]3(C(=O)O)C[C@H](O)[C@@H](NC(C)=O)[C@H]([C@H](O)[C@H](O)CO)O3)[C@H]2O)[C@@H](O)[C@@H](CO[C@@H]2O[C@H](COS(=O)(=O)O)[C@@H](O)[C@H](O)[C@H]2NC(C)=O)O[C@H]1O. The summed E-state index contributed by atoms with van der Waals surface area (Å²) >= 11 is 0. The van der Waals surface area contributed by atoms with E-state index in [-0.39, 0.29) is 0 Å². The Morgan fingerprint density at radius 1 is 0.719 bits per heavy atom. The van der Waals surface area contributed by atoms with Crippen LogP contribution in [0, 0.1) is 0 Å². The molecule has 0 spiro atoms. The number of rotatable bonds is 18. The molecular formula is C33H55N3O27S. The van der Waals surface area contributed by atoms with Gasteiger partial charge in [0.15, 0.2) is 18.9 Å². The zero-order valence-corrected chi connectivity index (χ0v) is 34.8. The third-order valence-corrected chi connectivity index (χ3v) is 11.0. The minimum Gasteiger partial charge on any atom is -0.477 e. The Balaban J connectivity index is 1.63. The molecule has 370 valence electrons. The summed E-state index contributed by atoms with van der Waals surface area (Å²) in [6, 6.07) is -5.01. The lowest BCUT2D eigenvalue weighted by Crippen LogP contribution is -2.71. The van der Waals surface area contributed by atoms with Crippen molar-refractivity contribution < 1.29 is 131 Å². The van der Waals surface area contributed by atoms with Crippen molar-refractivity contribution in [2.45, 2.75) is 155 Å². The van der Waals surface area contributed by atoms with Gasteiger partial charge in [0.2, 0.25) is 17.7 Å². The van der Waals surface area contributed by atoms with E-state index in [0.29, 0.717) is 0 Å². The van der Waals surface area contributed by atoms with E-state index < -0.39 is 195 Å². The number of hydrogen-bond donors (Lipinski definition) is 16. The summed E-state index contributed by atoms with van der Waals surface area (Å²) in [6.45, 7) is -1.21. The van der Waals surface area contributed by atoms with E-state index >= 15 is 0 Å². The van der Waals surface area contributed by atoms with Crippen molar-refractivity contribution in [1.82, 2.24) is 16.0 Å². The highest BCUT2D eigenvalue weighted by Crippen LogP contribution is 2.38. The Bertz CT molecular complexity index is 1720. The molecule has 3 amide bonds. The highest BCUT2D eigenvalue weighted by atomic mass is 32.3. The first-order valence-electron chi connectivity index (χ1n) is 19.4. The quantitative estimate of drug-likeness (QED) is 0.0567. The summed E-state index contributed by atoms with van der Waals surface area (Å²) in [5, 5.41) is 135.